The first-order chi connectivity index (χ1) is 46.9. The van der Waals surface area contributed by atoms with E-state index in [1.807, 2.05) is 12.2 Å². The molecule has 15 atom stereocenters. The lowest BCUT2D eigenvalue weighted by Gasteiger charge is -2.43. The minimum Gasteiger partial charge on any atom is -0.463 e. The number of rotatable bonds is 24. The first-order valence-corrected chi connectivity index (χ1v) is 37.7. The van der Waals surface area contributed by atoms with Crippen LogP contribution >= 0.6 is 0 Å². The molecule has 0 aromatic heterocycles. The minimum absolute atomic E-state index is 0.106. The Hall–Kier alpha value is -6.32. The van der Waals surface area contributed by atoms with E-state index in [0.717, 1.165) is 118 Å². The number of allylic oxidation sites excluding steroid dienone is 7. The van der Waals surface area contributed by atoms with E-state index in [2.05, 4.69) is 134 Å². The minimum atomic E-state index is -0.437. The molecule has 16 heteroatoms. The number of hydrogen-bond acceptors (Lipinski definition) is 16. The van der Waals surface area contributed by atoms with Gasteiger partial charge >= 0.3 is 47.8 Å². The average molecular weight is 1390 g/mol. The predicted octanol–water partition coefficient (Wildman–Crippen LogP) is 18.8. The van der Waals surface area contributed by atoms with Gasteiger partial charge in [-0.25, -0.2) is 0 Å². The Bertz CT molecular complexity index is 3040. The summed E-state index contributed by atoms with van der Waals surface area (Å²) in [4.78, 5) is 93.8. The Morgan fingerprint density at radius 1 is 0.500 bits per heavy atom. The van der Waals surface area contributed by atoms with Crippen LogP contribution in [0.2, 0.25) is 0 Å². The fraction of sp³-hybridized carbons (Fsp3) is 0.714. The molecule has 0 radical (unpaired) electrons. The molecule has 0 amide bonds. The Balaban J connectivity index is 0.000000240. The van der Waals surface area contributed by atoms with Crippen LogP contribution in [0.5, 0.6) is 0 Å². The van der Waals surface area contributed by atoms with Crippen molar-refractivity contribution in [2.45, 2.75) is 333 Å². The third kappa shape index (κ3) is 25.0. The van der Waals surface area contributed by atoms with Gasteiger partial charge in [-0.05, 0) is 191 Å². The van der Waals surface area contributed by atoms with Gasteiger partial charge in [-0.3, -0.25) is 38.4 Å². The number of carbonyl (C=O) groups excluding carboxylic acids is 8. The zero-order valence-electron chi connectivity index (χ0n) is 64.5. The lowest BCUT2D eigenvalue weighted by Crippen LogP contribution is -2.44. The zero-order chi connectivity index (χ0) is 74.5. The van der Waals surface area contributed by atoms with Crippen molar-refractivity contribution in [1.29, 1.82) is 0 Å². The van der Waals surface area contributed by atoms with Crippen molar-refractivity contribution in [3.63, 3.8) is 0 Å². The van der Waals surface area contributed by atoms with Gasteiger partial charge in [-0.15, -0.1) is 0 Å². The Kier molecular flexibility index (Phi) is 32.7. The number of esters is 8. The van der Waals surface area contributed by atoms with Crippen LogP contribution in [0.1, 0.15) is 285 Å². The van der Waals surface area contributed by atoms with Gasteiger partial charge in [0.05, 0.1) is 25.7 Å². The summed E-state index contributed by atoms with van der Waals surface area (Å²) >= 11 is 0. The van der Waals surface area contributed by atoms with Gasteiger partial charge in [0.25, 0.3) is 0 Å². The highest BCUT2D eigenvalue weighted by atomic mass is 16.6. The number of hydrogen-bond donors (Lipinski definition) is 0. The lowest BCUT2D eigenvalue weighted by molar-refractivity contribution is -0.153. The summed E-state index contributed by atoms with van der Waals surface area (Å²) in [6.45, 7) is 46.6. The predicted molar refractivity (Wildman–Crippen MR) is 392 cm³/mol. The van der Waals surface area contributed by atoms with Crippen molar-refractivity contribution in [2.75, 3.05) is 0 Å². The molecule has 0 bridgehead atoms. The Labute approximate surface area is 601 Å². The molecule has 4 saturated heterocycles. The molecule has 8 aliphatic rings. The van der Waals surface area contributed by atoms with Gasteiger partial charge in [0, 0.05) is 55.8 Å². The van der Waals surface area contributed by atoms with Gasteiger partial charge in [0.2, 0.25) is 0 Å². The van der Waals surface area contributed by atoms with E-state index < -0.39 is 10.8 Å². The van der Waals surface area contributed by atoms with E-state index in [-0.39, 0.29) is 107 Å². The fourth-order valence-electron chi connectivity index (χ4n) is 16.6. The van der Waals surface area contributed by atoms with Crippen LogP contribution < -0.4 is 0 Å². The van der Waals surface area contributed by atoms with Gasteiger partial charge in [0.1, 0.15) is 48.8 Å². The number of cyclic esters (lactones) is 4. The molecule has 4 heterocycles. The Morgan fingerprint density at radius 2 is 0.910 bits per heavy atom. The van der Waals surface area contributed by atoms with Crippen molar-refractivity contribution in [3.8, 4) is 0 Å². The fourth-order valence-corrected chi connectivity index (χ4v) is 16.6. The van der Waals surface area contributed by atoms with Gasteiger partial charge in [-0.1, -0.05) is 158 Å². The van der Waals surface area contributed by atoms with E-state index in [4.69, 9.17) is 37.9 Å². The quantitative estimate of drug-likeness (QED) is 0.0500. The summed E-state index contributed by atoms with van der Waals surface area (Å²) in [5.41, 5.74) is 6.68. The molecule has 7 unspecified atom stereocenters. The van der Waals surface area contributed by atoms with Crippen LogP contribution in [0.25, 0.3) is 0 Å². The monoisotopic (exact) mass is 1390 g/mol. The second-order valence-electron chi connectivity index (χ2n) is 32.5. The van der Waals surface area contributed by atoms with E-state index in [9.17, 15) is 38.4 Å². The maximum absolute atomic E-state index is 12.1. The highest BCUT2D eigenvalue weighted by Crippen LogP contribution is 2.56. The largest absolute Gasteiger partial charge is 0.463 e. The molecule has 8 rings (SSSR count). The molecule has 16 nitrogen and oxygen atoms in total. The van der Waals surface area contributed by atoms with Crippen LogP contribution in [-0.4, -0.2) is 96.6 Å². The third-order valence-electron chi connectivity index (χ3n) is 22.2. The smallest absolute Gasteiger partial charge is 0.307 e. The molecule has 0 aromatic carbocycles. The summed E-state index contributed by atoms with van der Waals surface area (Å²) in [6, 6.07) is 0. The van der Waals surface area contributed by atoms with Crippen molar-refractivity contribution in [1.82, 2.24) is 0 Å². The van der Waals surface area contributed by atoms with E-state index >= 15 is 0 Å². The lowest BCUT2D eigenvalue weighted by atomic mass is 9.62. The van der Waals surface area contributed by atoms with Gasteiger partial charge < -0.3 is 37.9 Å². The molecule has 0 aromatic rings. The maximum atomic E-state index is 12.1. The highest BCUT2D eigenvalue weighted by Gasteiger charge is 2.57. The second-order valence-corrected chi connectivity index (χ2v) is 32.5. The maximum Gasteiger partial charge on any atom is 0.307 e. The second kappa shape index (κ2) is 38.8. The Morgan fingerprint density at radius 3 is 1.39 bits per heavy atom. The van der Waals surface area contributed by atoms with Crippen LogP contribution in [0.3, 0.4) is 0 Å². The molecular weight excluding hydrogens is 1260 g/mol. The van der Waals surface area contributed by atoms with Crippen LogP contribution in [0.4, 0.5) is 0 Å². The SMILES string of the molecule is C=C1C=C[C@@H](OC(C)=O)CC12CC(=O)O[C@@H]2CC(C)CCCC(C)C.C=C1CC[C@@H](OC(C)=O)CC12CC(=O)O[C@@H]2/C=C(\C)CCC=C(C)C.C=C1CC[C@@H](OC(C)=O)CC12CC(=O)O[C@@H]2CC(C)CCCC(C)C.CC(=O)O[C@@H]1CCC(C)C2(CC(=O)O[C@@H]2/C=C(\C)CCC=C(C)C)C1. The standard InChI is InChI=1S/C21H34O4.2C21H32O4.C21H30O4/c4*1-14(2)7-6-8-15(3)11-19-21(13-20(23)25-19)12-18(24-17(5)22)10-9-16(21)4/h14-15,18-19H,4,6-13H2,1-3,5H3;7,11,16,18-19H,6,8-10,12-13H2,1-5H3;9-10,14-15,18-19H,4,6-8,11-13H2,1-3,5H3;7,11,18-19H,4,6,8-10,12-13H2,1-3,5H3/b;15-11+;;15-11+/t15?,18-,19-,21?;16?,18-,19-,21?;15?,18-,19-,21?;18-,19-,21?/m1111/s1. The molecule has 0 N–H and O–H groups in total. The van der Waals surface area contributed by atoms with Crippen molar-refractivity contribution in [2.24, 2.45) is 51.2 Å². The van der Waals surface area contributed by atoms with Crippen molar-refractivity contribution < 1.29 is 76.3 Å². The van der Waals surface area contributed by atoms with Crippen LogP contribution in [-0.2, 0) is 76.3 Å². The first kappa shape index (κ1) is 84.3. The van der Waals surface area contributed by atoms with Crippen molar-refractivity contribution in [3.05, 3.63) is 95.2 Å². The molecule has 3 saturated carbocycles. The van der Waals surface area contributed by atoms with Crippen LogP contribution in [0, 0.1) is 51.2 Å². The third-order valence-corrected chi connectivity index (χ3v) is 22.2. The number of carbonyl (C=O) groups is 8. The molecule has 100 heavy (non-hydrogen) atoms. The van der Waals surface area contributed by atoms with Crippen LogP contribution in [0.15, 0.2) is 95.2 Å². The summed E-state index contributed by atoms with van der Waals surface area (Å²) in [7, 11) is 0. The molecule has 7 fully saturated rings. The zero-order valence-corrected chi connectivity index (χ0v) is 64.5. The first-order valence-electron chi connectivity index (χ1n) is 37.7. The molecule has 4 aliphatic carbocycles. The van der Waals surface area contributed by atoms with Crippen molar-refractivity contribution >= 4 is 47.8 Å². The molecular formula is C84H128O16. The normalized spacial score (nSPS) is 30.6. The number of ether oxygens (including phenoxy) is 8. The summed E-state index contributed by atoms with van der Waals surface area (Å²) in [5.74, 6) is 1.10. The summed E-state index contributed by atoms with van der Waals surface area (Å²) in [6.07, 6.45) is 32.6. The highest BCUT2D eigenvalue weighted by molar-refractivity contribution is 5.77. The van der Waals surface area contributed by atoms with Gasteiger partial charge in [0.15, 0.2) is 0 Å². The molecule has 4 spiro atoms. The summed E-state index contributed by atoms with van der Waals surface area (Å²) in [5, 5.41) is 0. The van der Waals surface area contributed by atoms with E-state index in [1.54, 1.807) is 0 Å². The van der Waals surface area contributed by atoms with Gasteiger partial charge in [-0.2, -0.15) is 0 Å². The molecule has 4 aliphatic heterocycles. The van der Waals surface area contributed by atoms with E-state index in [0.29, 0.717) is 69.1 Å². The average Bonchev–Trinajstić information content (AvgIpc) is 1.61. The van der Waals surface area contributed by atoms with E-state index in [1.165, 1.54) is 75.7 Å². The topological polar surface area (TPSA) is 210 Å². The molecule has 560 valence electrons. The summed E-state index contributed by atoms with van der Waals surface area (Å²) < 4.78 is 44.5.